The molecule has 1 fully saturated rings. The Hall–Kier alpha value is -3.34. The van der Waals surface area contributed by atoms with Crippen LogP contribution in [-0.2, 0) is 14.8 Å². The molecule has 182 valence electrons. The van der Waals surface area contributed by atoms with Gasteiger partial charge >= 0.3 is 0 Å². The SMILES string of the molecule is C=CN1C[C@H](c2c(F)ccc(NS(=O)(=O)c3cc(F)cnc3NC)c2F)CC/C1=C(/C)C(C)=O. The van der Waals surface area contributed by atoms with Gasteiger partial charge in [0, 0.05) is 36.3 Å². The van der Waals surface area contributed by atoms with Gasteiger partial charge in [-0.15, -0.1) is 0 Å². The van der Waals surface area contributed by atoms with Crippen LogP contribution in [0.4, 0.5) is 24.7 Å². The molecule has 1 aromatic carbocycles. The number of rotatable bonds is 7. The van der Waals surface area contributed by atoms with Crippen molar-refractivity contribution in [3.63, 3.8) is 0 Å². The van der Waals surface area contributed by atoms with Crippen molar-refractivity contribution < 1.29 is 26.4 Å². The molecule has 0 spiro atoms. The second-order valence-electron chi connectivity index (χ2n) is 7.88. The highest BCUT2D eigenvalue weighted by molar-refractivity contribution is 7.92. The van der Waals surface area contributed by atoms with Crippen LogP contribution in [0.25, 0.3) is 0 Å². The van der Waals surface area contributed by atoms with Crippen LogP contribution in [0.3, 0.4) is 0 Å². The zero-order valence-electron chi connectivity index (χ0n) is 19.0. The van der Waals surface area contributed by atoms with Crippen LogP contribution in [0, 0.1) is 17.5 Å². The second kappa shape index (κ2) is 9.88. The third-order valence-corrected chi connectivity index (χ3v) is 7.18. The Kier molecular flexibility index (Phi) is 7.35. The minimum Gasteiger partial charge on any atom is -0.372 e. The van der Waals surface area contributed by atoms with Crippen LogP contribution >= 0.6 is 0 Å². The van der Waals surface area contributed by atoms with Gasteiger partial charge in [-0.3, -0.25) is 9.52 Å². The van der Waals surface area contributed by atoms with Crippen molar-refractivity contribution in [2.45, 2.75) is 37.5 Å². The molecule has 1 aliphatic rings. The predicted octanol–water partition coefficient (Wildman–Crippen LogP) is 4.53. The van der Waals surface area contributed by atoms with Gasteiger partial charge in [0.2, 0.25) is 0 Å². The first-order valence-electron chi connectivity index (χ1n) is 10.4. The fourth-order valence-corrected chi connectivity index (χ4v) is 5.19. The summed E-state index contributed by atoms with van der Waals surface area (Å²) in [7, 11) is -3.05. The number of sulfonamides is 1. The fourth-order valence-electron chi connectivity index (χ4n) is 3.96. The maximum atomic E-state index is 15.5. The summed E-state index contributed by atoms with van der Waals surface area (Å²) < 4.78 is 71.7. The van der Waals surface area contributed by atoms with Crippen LogP contribution < -0.4 is 10.0 Å². The second-order valence-corrected chi connectivity index (χ2v) is 9.53. The lowest BCUT2D eigenvalue weighted by atomic mass is 9.87. The van der Waals surface area contributed by atoms with E-state index in [1.54, 1.807) is 11.8 Å². The number of benzene rings is 1. The van der Waals surface area contributed by atoms with E-state index in [9.17, 15) is 22.0 Å². The first-order chi connectivity index (χ1) is 16.0. The molecule has 1 aromatic heterocycles. The Balaban J connectivity index is 1.98. The normalized spacial score (nSPS) is 17.8. The lowest BCUT2D eigenvalue weighted by Gasteiger charge is -2.35. The van der Waals surface area contributed by atoms with Gasteiger partial charge in [0.25, 0.3) is 10.0 Å². The van der Waals surface area contributed by atoms with Crippen LogP contribution in [-0.4, -0.2) is 37.7 Å². The van der Waals surface area contributed by atoms with E-state index < -0.39 is 44.0 Å². The molecule has 34 heavy (non-hydrogen) atoms. The minimum atomic E-state index is -4.46. The van der Waals surface area contributed by atoms with Crippen molar-refractivity contribution in [3.8, 4) is 0 Å². The van der Waals surface area contributed by atoms with Crippen molar-refractivity contribution in [1.82, 2.24) is 9.88 Å². The van der Waals surface area contributed by atoms with Gasteiger partial charge in [-0.05, 0) is 51.1 Å². The summed E-state index contributed by atoms with van der Waals surface area (Å²) in [5.74, 6) is -3.66. The van der Waals surface area contributed by atoms with E-state index in [0.29, 0.717) is 18.4 Å². The number of ketones is 1. The standard InChI is InChI=1S/C23H25F3N4O3S/c1-5-30-12-15(6-9-19(30)13(2)14(3)31)21-17(25)7-8-18(22(21)26)29-34(32,33)20-10-16(24)11-28-23(20)27-4/h5,7-8,10-11,15,29H,1,6,9,12H2,2-4H3,(H,27,28)/b19-13+/t15-/m1/s1. The number of Topliss-reactive ketones (excluding diaryl/α,β-unsaturated/α-hetero) is 1. The summed E-state index contributed by atoms with van der Waals surface area (Å²) in [4.78, 5) is 16.6. The van der Waals surface area contributed by atoms with E-state index in [1.165, 1.54) is 20.2 Å². The Morgan fingerprint density at radius 1 is 1.26 bits per heavy atom. The molecule has 0 aliphatic carbocycles. The Morgan fingerprint density at radius 3 is 2.59 bits per heavy atom. The Bertz CT molecular complexity index is 1280. The zero-order chi connectivity index (χ0) is 25.2. The molecular formula is C23H25F3N4O3S. The number of hydrogen-bond acceptors (Lipinski definition) is 6. The van der Waals surface area contributed by atoms with Crippen LogP contribution in [0.5, 0.6) is 0 Å². The molecule has 1 atom stereocenters. The lowest BCUT2D eigenvalue weighted by molar-refractivity contribution is -0.113. The highest BCUT2D eigenvalue weighted by Gasteiger charge is 2.31. The van der Waals surface area contributed by atoms with Gasteiger partial charge in [-0.2, -0.15) is 0 Å². The van der Waals surface area contributed by atoms with Crippen molar-refractivity contribution in [3.05, 3.63) is 71.5 Å². The molecule has 2 N–H and O–H groups in total. The van der Waals surface area contributed by atoms with Gasteiger partial charge in [-0.25, -0.2) is 26.6 Å². The molecule has 0 unspecified atom stereocenters. The van der Waals surface area contributed by atoms with E-state index in [2.05, 4.69) is 21.6 Å². The predicted molar refractivity (Wildman–Crippen MR) is 123 cm³/mol. The molecule has 0 saturated carbocycles. The quantitative estimate of drug-likeness (QED) is 0.550. The zero-order valence-corrected chi connectivity index (χ0v) is 19.8. The first-order valence-corrected chi connectivity index (χ1v) is 11.9. The third kappa shape index (κ3) is 4.93. The average molecular weight is 495 g/mol. The number of allylic oxidation sites excluding steroid dienone is 2. The number of piperidine rings is 1. The highest BCUT2D eigenvalue weighted by atomic mass is 32.2. The molecule has 1 saturated heterocycles. The number of pyridine rings is 1. The van der Waals surface area contributed by atoms with Gasteiger partial charge in [0.1, 0.15) is 22.3 Å². The topological polar surface area (TPSA) is 91.4 Å². The molecule has 0 amide bonds. The van der Waals surface area contributed by atoms with Gasteiger partial charge < -0.3 is 10.2 Å². The molecular weight excluding hydrogens is 469 g/mol. The molecule has 2 heterocycles. The van der Waals surface area contributed by atoms with Crippen molar-refractivity contribution in [2.24, 2.45) is 0 Å². The number of aromatic nitrogens is 1. The molecule has 2 aromatic rings. The number of nitrogens with zero attached hydrogens (tertiary/aromatic N) is 2. The Labute approximate surface area is 196 Å². The van der Waals surface area contributed by atoms with E-state index >= 15 is 4.39 Å². The van der Waals surface area contributed by atoms with Crippen molar-refractivity contribution in [1.29, 1.82) is 0 Å². The number of likely N-dealkylation sites (tertiary alicyclic amines) is 1. The lowest BCUT2D eigenvalue weighted by Crippen LogP contribution is -2.31. The molecule has 11 heteroatoms. The minimum absolute atomic E-state index is 0.109. The number of halogens is 3. The monoisotopic (exact) mass is 494 g/mol. The molecule has 3 rings (SSSR count). The van der Waals surface area contributed by atoms with E-state index in [4.69, 9.17) is 0 Å². The largest absolute Gasteiger partial charge is 0.372 e. The van der Waals surface area contributed by atoms with E-state index in [1.807, 2.05) is 0 Å². The summed E-state index contributed by atoms with van der Waals surface area (Å²) in [6, 6.07) is 2.69. The van der Waals surface area contributed by atoms with Crippen molar-refractivity contribution in [2.75, 3.05) is 23.6 Å². The Morgan fingerprint density at radius 2 is 1.97 bits per heavy atom. The smallest absolute Gasteiger partial charge is 0.265 e. The number of hydrogen-bond donors (Lipinski definition) is 2. The first kappa shape index (κ1) is 25.3. The van der Waals surface area contributed by atoms with Crippen LogP contribution in [0.15, 0.2) is 53.3 Å². The van der Waals surface area contributed by atoms with Gasteiger partial charge in [0.15, 0.2) is 11.6 Å². The summed E-state index contributed by atoms with van der Waals surface area (Å²) in [5, 5.41) is 2.54. The molecule has 0 bridgehead atoms. The fraction of sp³-hybridized carbons (Fsp3) is 0.304. The molecule has 1 aliphatic heterocycles. The van der Waals surface area contributed by atoms with Crippen LogP contribution in [0.1, 0.15) is 38.2 Å². The summed E-state index contributed by atoms with van der Waals surface area (Å²) >= 11 is 0. The summed E-state index contributed by atoms with van der Waals surface area (Å²) in [6.07, 6.45) is 3.06. The number of anilines is 2. The van der Waals surface area contributed by atoms with Crippen molar-refractivity contribution >= 4 is 27.3 Å². The summed E-state index contributed by atoms with van der Waals surface area (Å²) in [6.45, 7) is 7.02. The van der Waals surface area contributed by atoms with E-state index in [0.717, 1.165) is 30.1 Å². The van der Waals surface area contributed by atoms with E-state index in [-0.39, 0.29) is 23.7 Å². The maximum Gasteiger partial charge on any atom is 0.265 e. The highest BCUT2D eigenvalue weighted by Crippen LogP contribution is 2.38. The average Bonchev–Trinajstić information content (AvgIpc) is 2.80. The third-order valence-electron chi connectivity index (χ3n) is 5.80. The number of carbonyl (C=O) groups is 1. The number of carbonyl (C=O) groups excluding carboxylic acids is 1. The maximum absolute atomic E-state index is 15.5. The molecule has 7 nitrogen and oxygen atoms in total. The summed E-state index contributed by atoms with van der Waals surface area (Å²) in [5.41, 5.74) is 0.520. The van der Waals surface area contributed by atoms with Gasteiger partial charge in [0.05, 0.1) is 11.9 Å². The number of nitrogens with one attached hydrogen (secondary N) is 2. The molecule has 0 radical (unpaired) electrons. The van der Waals surface area contributed by atoms with Gasteiger partial charge in [-0.1, -0.05) is 6.58 Å². The van der Waals surface area contributed by atoms with Crippen LogP contribution in [0.2, 0.25) is 0 Å².